The third kappa shape index (κ3) is 4.75. The molecule has 0 spiro atoms. The first-order chi connectivity index (χ1) is 12.1. The molecule has 2 aromatic carbocycles. The number of rotatable bonds is 7. The first-order valence-corrected chi connectivity index (χ1v) is 8.95. The second-order valence-corrected chi connectivity index (χ2v) is 7.07. The third-order valence-corrected chi connectivity index (χ3v) is 5.00. The molecule has 3 aromatic rings. The Morgan fingerprint density at radius 2 is 1.88 bits per heavy atom. The summed E-state index contributed by atoms with van der Waals surface area (Å²) in [7, 11) is 0. The normalized spacial score (nSPS) is 12.0. The minimum absolute atomic E-state index is 0.458. The zero-order valence-electron chi connectivity index (χ0n) is 14.0. The van der Waals surface area contributed by atoms with Crippen LogP contribution in [0.3, 0.4) is 0 Å². The van der Waals surface area contributed by atoms with Gasteiger partial charge >= 0.3 is 5.97 Å². The van der Waals surface area contributed by atoms with Gasteiger partial charge in [0.05, 0.1) is 0 Å². The molecule has 0 amide bonds. The lowest BCUT2D eigenvalue weighted by Gasteiger charge is -2.13. The van der Waals surface area contributed by atoms with Crippen molar-refractivity contribution in [2.24, 2.45) is 0 Å². The summed E-state index contributed by atoms with van der Waals surface area (Å²) in [6.45, 7) is 2.55. The van der Waals surface area contributed by atoms with E-state index in [0.717, 1.165) is 21.0 Å². The number of aryl methyl sites for hydroxylation is 1. The van der Waals surface area contributed by atoms with Gasteiger partial charge in [-0.15, -0.1) is 11.3 Å². The number of carboxylic acid groups (broad SMARTS) is 1. The Morgan fingerprint density at radius 1 is 1.16 bits per heavy atom. The Hall–Kier alpha value is -2.50. The van der Waals surface area contributed by atoms with Crippen LogP contribution in [-0.2, 0) is 17.8 Å². The van der Waals surface area contributed by atoms with Gasteiger partial charge in [-0.1, -0.05) is 60.2 Å². The topological polar surface area (TPSA) is 62.2 Å². The van der Waals surface area contributed by atoms with Crippen molar-refractivity contribution in [2.45, 2.75) is 25.9 Å². The van der Waals surface area contributed by atoms with Gasteiger partial charge in [-0.2, -0.15) is 0 Å². The van der Waals surface area contributed by atoms with E-state index in [1.54, 1.807) is 11.3 Å². The van der Waals surface area contributed by atoms with Crippen LogP contribution in [-0.4, -0.2) is 22.1 Å². The van der Waals surface area contributed by atoms with Gasteiger partial charge in [0.2, 0.25) is 0 Å². The van der Waals surface area contributed by atoms with Gasteiger partial charge in [-0.05, 0) is 18.9 Å². The highest BCUT2D eigenvalue weighted by atomic mass is 32.1. The molecule has 0 bridgehead atoms. The molecule has 0 unspecified atom stereocenters. The maximum atomic E-state index is 11.5. The Morgan fingerprint density at radius 3 is 2.56 bits per heavy atom. The van der Waals surface area contributed by atoms with Crippen molar-refractivity contribution in [3.63, 3.8) is 0 Å². The number of carbonyl (C=O) groups is 1. The van der Waals surface area contributed by atoms with E-state index in [9.17, 15) is 9.90 Å². The van der Waals surface area contributed by atoms with Crippen molar-refractivity contribution >= 4 is 17.3 Å². The lowest BCUT2D eigenvalue weighted by atomic mass is 10.1. The van der Waals surface area contributed by atoms with Crippen molar-refractivity contribution in [3.05, 3.63) is 76.8 Å². The average Bonchev–Trinajstić information content (AvgIpc) is 3.09. The molecule has 1 atom stereocenters. The van der Waals surface area contributed by atoms with Crippen LogP contribution in [0.15, 0.2) is 60.8 Å². The Labute approximate surface area is 151 Å². The molecule has 0 aliphatic rings. The molecule has 2 N–H and O–H groups in total. The molecule has 5 heteroatoms. The summed E-state index contributed by atoms with van der Waals surface area (Å²) in [5.74, 6) is -0.841. The molecule has 25 heavy (non-hydrogen) atoms. The van der Waals surface area contributed by atoms with E-state index in [1.165, 1.54) is 5.56 Å². The number of aliphatic carboxylic acids is 1. The fourth-order valence-electron chi connectivity index (χ4n) is 2.54. The summed E-state index contributed by atoms with van der Waals surface area (Å²) in [6, 6.07) is 17.3. The van der Waals surface area contributed by atoms with E-state index >= 15 is 0 Å². The van der Waals surface area contributed by atoms with Gasteiger partial charge < -0.3 is 5.11 Å². The van der Waals surface area contributed by atoms with Crippen LogP contribution in [0.5, 0.6) is 0 Å². The lowest BCUT2D eigenvalue weighted by Crippen LogP contribution is -2.37. The van der Waals surface area contributed by atoms with E-state index in [2.05, 4.69) is 41.5 Å². The molecule has 1 heterocycles. The largest absolute Gasteiger partial charge is 0.480 e. The standard InChI is InChI=1S/C20H20N2O2S/c1-14-7-9-16(10-8-14)19-22-13-17(25-19)12-21-18(20(23)24)11-15-5-3-2-4-6-15/h2-10,13,18,21H,11-12H2,1H3,(H,23,24)/t18-/m0/s1. The zero-order valence-corrected chi connectivity index (χ0v) is 14.8. The maximum Gasteiger partial charge on any atom is 0.321 e. The van der Waals surface area contributed by atoms with Crippen molar-refractivity contribution in [2.75, 3.05) is 0 Å². The smallest absolute Gasteiger partial charge is 0.321 e. The van der Waals surface area contributed by atoms with Crippen molar-refractivity contribution in [1.29, 1.82) is 0 Å². The van der Waals surface area contributed by atoms with Crippen molar-refractivity contribution < 1.29 is 9.90 Å². The summed E-state index contributed by atoms with van der Waals surface area (Å²) in [5, 5.41) is 13.5. The molecule has 128 valence electrons. The molecule has 3 rings (SSSR count). The number of aromatic nitrogens is 1. The Kier molecular flexibility index (Phi) is 5.58. The highest BCUT2D eigenvalue weighted by molar-refractivity contribution is 7.15. The van der Waals surface area contributed by atoms with Gasteiger partial charge in [-0.25, -0.2) is 4.98 Å². The molecule has 0 aliphatic carbocycles. The summed E-state index contributed by atoms with van der Waals surface area (Å²) in [4.78, 5) is 17.0. The molecular weight excluding hydrogens is 332 g/mol. The number of nitrogens with one attached hydrogen (secondary N) is 1. The average molecular weight is 352 g/mol. The predicted molar refractivity (Wildman–Crippen MR) is 101 cm³/mol. The van der Waals surface area contributed by atoms with E-state index in [4.69, 9.17) is 0 Å². The lowest BCUT2D eigenvalue weighted by molar-refractivity contribution is -0.139. The fraction of sp³-hybridized carbons (Fsp3) is 0.200. The van der Waals surface area contributed by atoms with Crippen LogP contribution in [0.25, 0.3) is 10.6 Å². The number of hydrogen-bond donors (Lipinski definition) is 2. The number of benzene rings is 2. The van der Waals surface area contributed by atoms with Crippen LogP contribution >= 0.6 is 11.3 Å². The van der Waals surface area contributed by atoms with E-state index < -0.39 is 12.0 Å². The Balaban J connectivity index is 1.63. The molecule has 4 nitrogen and oxygen atoms in total. The molecule has 0 saturated heterocycles. The third-order valence-electron chi connectivity index (χ3n) is 3.96. The van der Waals surface area contributed by atoms with Crippen LogP contribution in [0, 0.1) is 6.92 Å². The van der Waals surface area contributed by atoms with Crippen molar-refractivity contribution in [1.82, 2.24) is 10.3 Å². The van der Waals surface area contributed by atoms with Gasteiger partial charge in [-0.3, -0.25) is 10.1 Å². The van der Waals surface area contributed by atoms with Gasteiger partial charge in [0.1, 0.15) is 11.0 Å². The monoisotopic (exact) mass is 352 g/mol. The number of carboxylic acids is 1. The molecule has 0 saturated carbocycles. The highest BCUT2D eigenvalue weighted by Crippen LogP contribution is 2.25. The Bertz CT molecular complexity index is 828. The summed E-state index contributed by atoms with van der Waals surface area (Å²) >= 11 is 1.59. The van der Waals surface area contributed by atoms with Crippen LogP contribution in [0.4, 0.5) is 0 Å². The molecule has 1 aromatic heterocycles. The molecule has 0 fully saturated rings. The fourth-order valence-corrected chi connectivity index (χ4v) is 3.41. The SMILES string of the molecule is Cc1ccc(-c2ncc(CN[C@@H](Cc3ccccc3)C(=O)O)s2)cc1. The van der Waals surface area contributed by atoms with Crippen LogP contribution in [0.2, 0.25) is 0 Å². The van der Waals surface area contributed by atoms with Gasteiger partial charge in [0.25, 0.3) is 0 Å². The minimum atomic E-state index is -0.841. The molecular formula is C20H20N2O2S. The second kappa shape index (κ2) is 8.05. The first kappa shape index (κ1) is 17.3. The summed E-state index contributed by atoms with van der Waals surface area (Å²) < 4.78 is 0. The number of nitrogens with zero attached hydrogens (tertiary/aromatic N) is 1. The van der Waals surface area contributed by atoms with Crippen LogP contribution < -0.4 is 5.32 Å². The van der Waals surface area contributed by atoms with Crippen molar-refractivity contribution in [3.8, 4) is 10.6 Å². The number of hydrogen-bond acceptors (Lipinski definition) is 4. The molecule has 0 aliphatic heterocycles. The summed E-state index contributed by atoms with van der Waals surface area (Å²) in [5.41, 5.74) is 3.31. The zero-order chi connectivity index (χ0) is 17.6. The van der Waals surface area contributed by atoms with E-state index in [1.807, 2.05) is 36.5 Å². The quantitative estimate of drug-likeness (QED) is 0.677. The van der Waals surface area contributed by atoms with E-state index in [0.29, 0.717) is 13.0 Å². The van der Waals surface area contributed by atoms with Crippen LogP contribution in [0.1, 0.15) is 16.0 Å². The highest BCUT2D eigenvalue weighted by Gasteiger charge is 2.17. The predicted octanol–water partition coefficient (Wildman–Crippen LogP) is 3.90. The minimum Gasteiger partial charge on any atom is -0.480 e. The number of thiazole rings is 1. The van der Waals surface area contributed by atoms with Gasteiger partial charge in [0, 0.05) is 23.2 Å². The van der Waals surface area contributed by atoms with Gasteiger partial charge in [0.15, 0.2) is 0 Å². The maximum absolute atomic E-state index is 11.5. The molecule has 0 radical (unpaired) electrons. The first-order valence-electron chi connectivity index (χ1n) is 8.13. The summed E-state index contributed by atoms with van der Waals surface area (Å²) in [6.07, 6.45) is 2.27. The second-order valence-electron chi connectivity index (χ2n) is 5.96. The van der Waals surface area contributed by atoms with E-state index in [-0.39, 0.29) is 0 Å².